The molecular formula is C9H13N3S. The fraction of sp³-hybridized carbons (Fsp3) is 0.333. The van der Waals surface area contributed by atoms with E-state index in [4.69, 9.17) is 12.2 Å². The molecule has 0 spiro atoms. The summed E-state index contributed by atoms with van der Waals surface area (Å²) < 4.78 is 0. The van der Waals surface area contributed by atoms with Crippen molar-refractivity contribution >= 4 is 17.3 Å². The number of nitrogens with zero attached hydrogens (tertiary/aromatic N) is 1. The summed E-state index contributed by atoms with van der Waals surface area (Å²) in [5.74, 6) is 0. The normalized spacial score (nSPS) is 11.8. The van der Waals surface area contributed by atoms with Crippen LogP contribution in [0.25, 0.3) is 0 Å². The molecule has 0 aliphatic heterocycles. The molecule has 70 valence electrons. The van der Waals surface area contributed by atoms with Crippen molar-refractivity contribution in [3.8, 4) is 0 Å². The first-order chi connectivity index (χ1) is 6.24. The van der Waals surface area contributed by atoms with Crippen LogP contribution in [0.15, 0.2) is 24.5 Å². The Balaban J connectivity index is 2.59. The first-order valence-electron chi connectivity index (χ1n) is 4.12. The van der Waals surface area contributed by atoms with Gasteiger partial charge in [0.25, 0.3) is 0 Å². The molecule has 1 unspecified atom stereocenters. The van der Waals surface area contributed by atoms with Crippen molar-refractivity contribution in [3.63, 3.8) is 0 Å². The maximum absolute atomic E-state index is 4.99. The summed E-state index contributed by atoms with van der Waals surface area (Å²) in [6.07, 6.45) is 3.55. The van der Waals surface area contributed by atoms with E-state index in [9.17, 15) is 0 Å². The molecule has 0 saturated carbocycles. The number of pyridine rings is 1. The molecule has 0 saturated heterocycles. The van der Waals surface area contributed by atoms with Gasteiger partial charge in [-0.1, -0.05) is 0 Å². The monoisotopic (exact) mass is 195 g/mol. The molecule has 0 amide bonds. The highest BCUT2D eigenvalue weighted by Gasteiger charge is 2.04. The fourth-order valence-corrected chi connectivity index (χ4v) is 1.18. The standard InChI is InChI=1S/C9H13N3S/c1-7(12-9(13)10-2)8-3-5-11-6-4-8/h3-7H,1-2H3,(H2,10,12,13). The molecule has 2 N–H and O–H groups in total. The minimum absolute atomic E-state index is 0.211. The Morgan fingerprint density at radius 1 is 1.46 bits per heavy atom. The highest BCUT2D eigenvalue weighted by Crippen LogP contribution is 2.09. The minimum Gasteiger partial charge on any atom is -0.366 e. The largest absolute Gasteiger partial charge is 0.366 e. The van der Waals surface area contributed by atoms with Gasteiger partial charge in [0.05, 0.1) is 6.04 Å². The van der Waals surface area contributed by atoms with Crippen molar-refractivity contribution < 1.29 is 0 Å². The van der Waals surface area contributed by atoms with Crippen molar-refractivity contribution in [3.05, 3.63) is 30.1 Å². The zero-order valence-electron chi connectivity index (χ0n) is 7.74. The second-order valence-corrected chi connectivity index (χ2v) is 3.13. The summed E-state index contributed by atoms with van der Waals surface area (Å²) in [4.78, 5) is 3.95. The number of nitrogens with one attached hydrogen (secondary N) is 2. The average Bonchev–Trinajstić information content (AvgIpc) is 2.19. The Bertz CT molecular complexity index is 273. The molecule has 1 aromatic heterocycles. The average molecular weight is 195 g/mol. The second-order valence-electron chi connectivity index (χ2n) is 2.73. The molecule has 1 rings (SSSR count). The molecule has 0 aromatic carbocycles. The third kappa shape index (κ3) is 2.99. The predicted molar refractivity (Wildman–Crippen MR) is 57.4 cm³/mol. The number of rotatable bonds is 2. The van der Waals surface area contributed by atoms with Crippen LogP contribution < -0.4 is 10.6 Å². The van der Waals surface area contributed by atoms with E-state index < -0.39 is 0 Å². The van der Waals surface area contributed by atoms with Gasteiger partial charge in [0, 0.05) is 19.4 Å². The van der Waals surface area contributed by atoms with Gasteiger partial charge in [0.1, 0.15) is 0 Å². The van der Waals surface area contributed by atoms with Crippen LogP contribution in [0.5, 0.6) is 0 Å². The Morgan fingerprint density at radius 3 is 2.62 bits per heavy atom. The SMILES string of the molecule is CNC(=S)NC(C)c1ccncc1. The zero-order chi connectivity index (χ0) is 9.68. The molecule has 4 heteroatoms. The van der Waals surface area contributed by atoms with Gasteiger partial charge in [0.2, 0.25) is 0 Å². The molecule has 0 radical (unpaired) electrons. The molecule has 1 atom stereocenters. The third-order valence-electron chi connectivity index (χ3n) is 1.78. The number of hydrogen-bond donors (Lipinski definition) is 2. The van der Waals surface area contributed by atoms with E-state index in [1.807, 2.05) is 12.1 Å². The van der Waals surface area contributed by atoms with E-state index in [1.165, 1.54) is 5.56 Å². The van der Waals surface area contributed by atoms with Gasteiger partial charge in [0.15, 0.2) is 5.11 Å². The summed E-state index contributed by atoms with van der Waals surface area (Å²) in [6, 6.07) is 4.15. The smallest absolute Gasteiger partial charge is 0.166 e. The molecule has 1 heterocycles. The van der Waals surface area contributed by atoms with E-state index in [1.54, 1.807) is 19.4 Å². The van der Waals surface area contributed by atoms with E-state index >= 15 is 0 Å². The lowest BCUT2D eigenvalue weighted by atomic mass is 10.1. The van der Waals surface area contributed by atoms with E-state index in [2.05, 4.69) is 22.5 Å². The van der Waals surface area contributed by atoms with Gasteiger partial charge < -0.3 is 10.6 Å². The zero-order valence-corrected chi connectivity index (χ0v) is 8.56. The van der Waals surface area contributed by atoms with Crippen molar-refractivity contribution in [2.24, 2.45) is 0 Å². The summed E-state index contributed by atoms with van der Waals surface area (Å²) in [7, 11) is 1.80. The molecule has 0 aliphatic rings. The third-order valence-corrected chi connectivity index (χ3v) is 2.10. The maximum atomic E-state index is 4.99. The van der Waals surface area contributed by atoms with Gasteiger partial charge in [-0.25, -0.2) is 0 Å². The summed E-state index contributed by atoms with van der Waals surface area (Å²) >= 11 is 4.99. The van der Waals surface area contributed by atoms with E-state index in [0.717, 1.165) is 0 Å². The van der Waals surface area contributed by atoms with Crippen LogP contribution >= 0.6 is 12.2 Å². The van der Waals surface area contributed by atoms with Crippen molar-refractivity contribution in [2.45, 2.75) is 13.0 Å². The number of aromatic nitrogens is 1. The van der Waals surface area contributed by atoms with Crippen LogP contribution in [0.4, 0.5) is 0 Å². The summed E-state index contributed by atoms with van der Waals surface area (Å²) in [5.41, 5.74) is 1.17. The van der Waals surface area contributed by atoms with Crippen LogP contribution in [-0.4, -0.2) is 17.1 Å². The molecule has 0 aliphatic carbocycles. The van der Waals surface area contributed by atoms with E-state index in [-0.39, 0.29) is 6.04 Å². The minimum atomic E-state index is 0.211. The quantitative estimate of drug-likeness (QED) is 0.696. The Hall–Kier alpha value is -1.16. The Kier molecular flexibility index (Phi) is 3.64. The van der Waals surface area contributed by atoms with Gasteiger partial charge in [-0.05, 0) is 36.8 Å². The van der Waals surface area contributed by atoms with Crippen molar-refractivity contribution in [1.82, 2.24) is 15.6 Å². The lowest BCUT2D eigenvalue weighted by molar-refractivity contribution is 0.708. The van der Waals surface area contributed by atoms with Crippen molar-refractivity contribution in [2.75, 3.05) is 7.05 Å². The molecule has 3 nitrogen and oxygen atoms in total. The highest BCUT2D eigenvalue weighted by atomic mass is 32.1. The molecule has 0 bridgehead atoms. The molecule has 1 aromatic rings. The van der Waals surface area contributed by atoms with Crippen LogP contribution in [0.2, 0.25) is 0 Å². The van der Waals surface area contributed by atoms with Crippen molar-refractivity contribution in [1.29, 1.82) is 0 Å². The topological polar surface area (TPSA) is 37.0 Å². The number of hydrogen-bond acceptors (Lipinski definition) is 2. The predicted octanol–water partition coefficient (Wildman–Crippen LogP) is 1.24. The van der Waals surface area contributed by atoms with Crippen LogP contribution in [0.3, 0.4) is 0 Å². The van der Waals surface area contributed by atoms with Crippen LogP contribution in [0, 0.1) is 0 Å². The summed E-state index contributed by atoms with van der Waals surface area (Å²) in [5, 5.41) is 6.67. The number of thiocarbonyl (C=S) groups is 1. The van der Waals surface area contributed by atoms with Gasteiger partial charge in [-0.15, -0.1) is 0 Å². The molecular weight excluding hydrogens is 182 g/mol. The first-order valence-corrected chi connectivity index (χ1v) is 4.53. The molecule has 13 heavy (non-hydrogen) atoms. The lowest BCUT2D eigenvalue weighted by Gasteiger charge is -2.15. The second kappa shape index (κ2) is 4.77. The Morgan fingerprint density at radius 2 is 2.08 bits per heavy atom. The van der Waals surface area contributed by atoms with Gasteiger partial charge >= 0.3 is 0 Å². The fourth-order valence-electron chi connectivity index (χ4n) is 1.00. The summed E-state index contributed by atoms with van der Waals surface area (Å²) in [6.45, 7) is 2.05. The van der Waals surface area contributed by atoms with Crippen LogP contribution in [-0.2, 0) is 0 Å². The van der Waals surface area contributed by atoms with Crippen LogP contribution in [0.1, 0.15) is 18.5 Å². The molecule has 0 fully saturated rings. The first kappa shape index (κ1) is 9.92. The highest BCUT2D eigenvalue weighted by molar-refractivity contribution is 7.80. The maximum Gasteiger partial charge on any atom is 0.166 e. The Labute approximate surface area is 83.6 Å². The van der Waals surface area contributed by atoms with Gasteiger partial charge in [-0.3, -0.25) is 4.98 Å². The lowest BCUT2D eigenvalue weighted by Crippen LogP contribution is -2.34. The van der Waals surface area contributed by atoms with Gasteiger partial charge in [-0.2, -0.15) is 0 Å². The van der Waals surface area contributed by atoms with E-state index in [0.29, 0.717) is 5.11 Å².